The van der Waals surface area contributed by atoms with Crippen molar-refractivity contribution in [2.75, 3.05) is 12.9 Å². The van der Waals surface area contributed by atoms with E-state index in [9.17, 15) is 14.4 Å². The molecule has 0 aliphatic carbocycles. The van der Waals surface area contributed by atoms with Crippen molar-refractivity contribution in [2.45, 2.75) is 38.1 Å². The lowest BCUT2D eigenvalue weighted by atomic mass is 10.1. The molecule has 0 bridgehead atoms. The lowest BCUT2D eigenvalue weighted by molar-refractivity contribution is 0.112. The molecule has 0 saturated heterocycles. The fraction of sp³-hybridized carbons (Fsp3) is 0.258. The number of rotatable bonds is 10. The van der Waals surface area contributed by atoms with Crippen molar-refractivity contribution in [2.24, 2.45) is 7.05 Å². The van der Waals surface area contributed by atoms with Gasteiger partial charge in [0, 0.05) is 29.8 Å². The number of hydrogen-bond donors (Lipinski definition) is 1. The Labute approximate surface area is 250 Å². The highest BCUT2D eigenvalue weighted by Gasteiger charge is 2.20. The van der Waals surface area contributed by atoms with Gasteiger partial charge in [0.15, 0.2) is 11.8 Å². The number of hydrogen-bond acceptors (Lipinski definition) is 8. The number of aldehydes is 1. The molecule has 11 heteroatoms. The summed E-state index contributed by atoms with van der Waals surface area (Å²) in [7, 11) is 3.28. The van der Waals surface area contributed by atoms with Gasteiger partial charge in [-0.2, -0.15) is 5.10 Å². The standard InChI is InChI=1S/C31H31N5O4S2/c1-6-7-24-26-27(35(4)34-24)31(39)36(29(33-26)21-8-9-22(17-37)25(16-21)40-5)14-15-41-23-12-10-20(11-13-23)18(2)28-30(38)32-19(3)42-28/h8-13,16-17H,3,6-7,14-15H2,1-2,4-5H3,(H,32,38)/b28-18+. The van der Waals surface area contributed by atoms with Crippen molar-refractivity contribution < 1.29 is 9.53 Å². The number of aryl methyl sites for hydroxylation is 2. The van der Waals surface area contributed by atoms with Gasteiger partial charge in [-0.05, 0) is 48.7 Å². The highest BCUT2D eigenvalue weighted by Crippen LogP contribution is 2.28. The molecule has 216 valence electrons. The Morgan fingerprint density at radius 3 is 2.60 bits per heavy atom. The van der Waals surface area contributed by atoms with Gasteiger partial charge in [0.05, 0.1) is 27.6 Å². The van der Waals surface area contributed by atoms with E-state index in [1.165, 1.54) is 18.4 Å². The SMILES string of the molecule is C=c1[nH]c(=O)/c(=C(/C)c2ccc(SCCn3c(-c4ccc(C=O)c(OC)c4)nc4c(CCC)nn(C)c4c3=O)cc2)s1. The van der Waals surface area contributed by atoms with Gasteiger partial charge in [-0.1, -0.05) is 38.1 Å². The summed E-state index contributed by atoms with van der Waals surface area (Å²) in [5, 5.41) is 4.59. The number of H-pyrrole nitrogens is 1. The predicted molar refractivity (Wildman–Crippen MR) is 169 cm³/mol. The van der Waals surface area contributed by atoms with E-state index in [0.717, 1.165) is 34.4 Å². The zero-order valence-corrected chi connectivity index (χ0v) is 25.5. The number of aromatic nitrogens is 5. The number of thiazole rings is 1. The van der Waals surface area contributed by atoms with Crippen molar-refractivity contribution in [3.05, 3.63) is 89.2 Å². The van der Waals surface area contributed by atoms with Gasteiger partial charge in [-0.15, -0.1) is 23.1 Å². The summed E-state index contributed by atoms with van der Waals surface area (Å²) in [4.78, 5) is 46.3. The molecule has 1 N–H and O–H groups in total. The maximum atomic E-state index is 13.9. The predicted octanol–water partition coefficient (Wildman–Crippen LogP) is 3.74. The second-order valence-corrected chi connectivity index (χ2v) is 12.1. The Hall–Kier alpha value is -4.22. The van der Waals surface area contributed by atoms with E-state index in [0.29, 0.717) is 61.6 Å². The Morgan fingerprint density at radius 1 is 1.19 bits per heavy atom. The number of carbonyl (C=O) groups is 1. The van der Waals surface area contributed by atoms with Gasteiger partial charge >= 0.3 is 0 Å². The zero-order valence-electron chi connectivity index (χ0n) is 23.9. The number of aromatic amines is 1. The molecule has 2 aromatic carbocycles. The fourth-order valence-electron chi connectivity index (χ4n) is 4.91. The first-order chi connectivity index (χ1) is 20.2. The van der Waals surface area contributed by atoms with E-state index in [-0.39, 0.29) is 11.1 Å². The van der Waals surface area contributed by atoms with E-state index < -0.39 is 0 Å². The second kappa shape index (κ2) is 12.3. The largest absolute Gasteiger partial charge is 0.496 e. The number of thioether (sulfide) groups is 1. The maximum Gasteiger partial charge on any atom is 0.280 e. The molecular weight excluding hydrogens is 571 g/mol. The Bertz CT molecular complexity index is 2020. The molecule has 0 fully saturated rings. The average Bonchev–Trinajstić information content (AvgIpc) is 3.50. The van der Waals surface area contributed by atoms with Crippen LogP contribution in [0.4, 0.5) is 0 Å². The van der Waals surface area contributed by atoms with Gasteiger partial charge in [-0.3, -0.25) is 23.6 Å². The Balaban J connectivity index is 1.48. The molecule has 9 nitrogen and oxygen atoms in total. The molecule has 5 aromatic rings. The lowest BCUT2D eigenvalue weighted by Gasteiger charge is -2.14. The topological polar surface area (TPSA) is 112 Å². The summed E-state index contributed by atoms with van der Waals surface area (Å²) < 4.78 is 10.0. The maximum absolute atomic E-state index is 13.9. The summed E-state index contributed by atoms with van der Waals surface area (Å²) in [5.74, 6) is 1.53. The van der Waals surface area contributed by atoms with Crippen LogP contribution in [0.5, 0.6) is 5.75 Å². The average molecular weight is 602 g/mol. The molecule has 0 amide bonds. The van der Waals surface area contributed by atoms with Gasteiger partial charge < -0.3 is 9.72 Å². The van der Waals surface area contributed by atoms with Crippen LogP contribution >= 0.6 is 23.1 Å². The van der Waals surface area contributed by atoms with Crippen LogP contribution in [0, 0.1) is 0 Å². The monoisotopic (exact) mass is 601 g/mol. The van der Waals surface area contributed by atoms with Crippen molar-refractivity contribution in [3.63, 3.8) is 0 Å². The molecule has 0 aliphatic rings. The van der Waals surface area contributed by atoms with E-state index in [4.69, 9.17) is 9.72 Å². The van der Waals surface area contributed by atoms with Gasteiger partial charge in [0.25, 0.3) is 11.1 Å². The van der Waals surface area contributed by atoms with Crippen LogP contribution in [0.1, 0.15) is 41.9 Å². The molecule has 0 radical (unpaired) electrons. The molecule has 3 heterocycles. The smallest absolute Gasteiger partial charge is 0.280 e. The van der Waals surface area contributed by atoms with Gasteiger partial charge in [0.1, 0.15) is 17.1 Å². The van der Waals surface area contributed by atoms with Crippen molar-refractivity contribution in [3.8, 4) is 17.1 Å². The number of ether oxygens (including phenoxy) is 1. The normalized spacial score (nSPS) is 12.1. The number of methoxy groups -OCH3 is 1. The second-order valence-electron chi connectivity index (χ2n) is 9.79. The van der Waals surface area contributed by atoms with E-state index in [1.54, 1.807) is 46.3 Å². The Morgan fingerprint density at radius 2 is 1.95 bits per heavy atom. The summed E-state index contributed by atoms with van der Waals surface area (Å²) in [6.45, 7) is 8.22. The highest BCUT2D eigenvalue weighted by molar-refractivity contribution is 7.99. The molecule has 0 saturated carbocycles. The van der Waals surface area contributed by atoms with Crippen LogP contribution in [0.25, 0.3) is 34.6 Å². The first kappa shape index (κ1) is 29.3. The van der Waals surface area contributed by atoms with Crippen LogP contribution in [-0.4, -0.2) is 43.5 Å². The van der Waals surface area contributed by atoms with E-state index in [2.05, 4.69) is 23.6 Å². The minimum Gasteiger partial charge on any atom is -0.496 e. The first-order valence-electron chi connectivity index (χ1n) is 13.5. The molecule has 42 heavy (non-hydrogen) atoms. The summed E-state index contributed by atoms with van der Waals surface area (Å²) >= 11 is 2.98. The van der Waals surface area contributed by atoms with E-state index >= 15 is 0 Å². The molecule has 3 aromatic heterocycles. The molecule has 0 atom stereocenters. The Kier molecular flexibility index (Phi) is 8.60. The summed E-state index contributed by atoms with van der Waals surface area (Å²) in [6.07, 6.45) is 2.33. The highest BCUT2D eigenvalue weighted by atomic mass is 32.2. The van der Waals surface area contributed by atoms with Crippen molar-refractivity contribution in [1.82, 2.24) is 24.3 Å². The van der Waals surface area contributed by atoms with Crippen molar-refractivity contribution in [1.29, 1.82) is 0 Å². The third-order valence-corrected chi connectivity index (χ3v) is 9.05. The van der Waals surface area contributed by atoms with E-state index in [1.807, 2.05) is 31.2 Å². The molecule has 0 aliphatic heterocycles. The molecule has 0 unspecified atom stereocenters. The number of nitrogens with zero attached hydrogens (tertiary/aromatic N) is 4. The van der Waals surface area contributed by atoms with Crippen molar-refractivity contribution >= 4 is 52.6 Å². The number of benzene rings is 2. The third kappa shape index (κ3) is 5.62. The van der Waals surface area contributed by atoms with Gasteiger partial charge in [0.2, 0.25) is 0 Å². The molecule has 5 rings (SSSR count). The first-order valence-corrected chi connectivity index (χ1v) is 15.3. The van der Waals surface area contributed by atoms with Crippen LogP contribution in [0.15, 0.2) is 56.9 Å². The number of fused-ring (bicyclic) bond motifs is 1. The number of carbonyl (C=O) groups excluding carboxylic acids is 1. The van der Waals surface area contributed by atoms with Crippen LogP contribution < -0.4 is 25.1 Å². The third-order valence-electron chi connectivity index (χ3n) is 7.01. The minimum atomic E-state index is -0.169. The van der Waals surface area contributed by atoms with Crippen LogP contribution in [0.3, 0.4) is 0 Å². The minimum absolute atomic E-state index is 0.124. The molecular formula is C31H31N5O4S2. The number of nitrogens with one attached hydrogen (secondary N) is 1. The molecule has 0 spiro atoms. The fourth-order valence-corrected chi connectivity index (χ4v) is 6.55. The summed E-state index contributed by atoms with van der Waals surface area (Å²) in [6, 6.07) is 13.2. The van der Waals surface area contributed by atoms with Crippen LogP contribution in [0.2, 0.25) is 0 Å². The van der Waals surface area contributed by atoms with Gasteiger partial charge in [-0.25, -0.2) is 4.98 Å². The lowest BCUT2D eigenvalue weighted by Crippen LogP contribution is -2.26. The summed E-state index contributed by atoms with van der Waals surface area (Å²) in [5.41, 5.74) is 4.52. The van der Waals surface area contributed by atoms with Crippen LogP contribution in [-0.2, 0) is 20.0 Å². The zero-order chi connectivity index (χ0) is 30.0. The quantitative estimate of drug-likeness (QED) is 0.192.